The quantitative estimate of drug-likeness (QED) is 0.358. The van der Waals surface area contributed by atoms with Crippen LogP contribution in [-0.2, 0) is 9.84 Å². The molecule has 5 rings (SSSR count). The van der Waals surface area contributed by atoms with Gasteiger partial charge in [0.2, 0.25) is 0 Å². The van der Waals surface area contributed by atoms with Crippen molar-refractivity contribution in [2.45, 2.75) is 61.8 Å². The summed E-state index contributed by atoms with van der Waals surface area (Å²) in [5.74, 6) is 0.891. The van der Waals surface area contributed by atoms with Crippen molar-refractivity contribution in [3.8, 4) is 6.07 Å². The predicted molar refractivity (Wildman–Crippen MR) is 147 cm³/mol. The van der Waals surface area contributed by atoms with Crippen LogP contribution in [0.5, 0.6) is 0 Å². The van der Waals surface area contributed by atoms with E-state index in [0.717, 1.165) is 11.4 Å². The molecule has 2 aliphatic carbocycles. The van der Waals surface area contributed by atoms with Crippen molar-refractivity contribution in [3.63, 3.8) is 0 Å². The Morgan fingerprint density at radius 1 is 1.00 bits per heavy atom. The lowest BCUT2D eigenvalue weighted by Crippen LogP contribution is -2.28. The average molecular weight is 529 g/mol. The number of rotatable bonds is 10. The van der Waals surface area contributed by atoms with Gasteiger partial charge < -0.3 is 10.2 Å². The van der Waals surface area contributed by atoms with Crippen molar-refractivity contribution in [1.82, 2.24) is 10.3 Å². The molecule has 2 fully saturated rings. The second-order valence-corrected chi connectivity index (χ2v) is 12.5. The van der Waals surface area contributed by atoms with E-state index in [1.54, 1.807) is 31.2 Å². The van der Waals surface area contributed by atoms with Gasteiger partial charge >= 0.3 is 0 Å². The van der Waals surface area contributed by atoms with Crippen molar-refractivity contribution in [2.75, 3.05) is 17.7 Å². The fourth-order valence-electron chi connectivity index (χ4n) is 4.57. The van der Waals surface area contributed by atoms with Gasteiger partial charge in [-0.15, -0.1) is 0 Å². The maximum absolute atomic E-state index is 13.0. The molecule has 1 heterocycles. The summed E-state index contributed by atoms with van der Waals surface area (Å²) < 4.78 is 24.2. The van der Waals surface area contributed by atoms with Crippen LogP contribution >= 0.6 is 0 Å². The molecule has 38 heavy (non-hydrogen) atoms. The molecule has 196 valence electrons. The van der Waals surface area contributed by atoms with Crippen LogP contribution in [0, 0.1) is 11.3 Å². The Morgan fingerprint density at radius 2 is 1.58 bits per heavy atom. The Hall–Kier alpha value is -3.70. The zero-order chi connectivity index (χ0) is 26.9. The van der Waals surface area contributed by atoms with E-state index in [9.17, 15) is 18.5 Å². The monoisotopic (exact) mass is 528 g/mol. The summed E-state index contributed by atoms with van der Waals surface area (Å²) in [5, 5.41) is 12.2. The smallest absolute Gasteiger partial charge is 0.251 e. The molecule has 1 N–H and O–H groups in total. The number of amides is 1. The zero-order valence-corrected chi connectivity index (χ0v) is 22.5. The van der Waals surface area contributed by atoms with Gasteiger partial charge in [-0.1, -0.05) is 19.1 Å². The highest BCUT2D eigenvalue weighted by Crippen LogP contribution is 2.45. The summed E-state index contributed by atoms with van der Waals surface area (Å²) in [6.45, 7) is 1.60. The molecule has 0 aliphatic heterocycles. The fraction of sp³-hybridized carbons (Fsp3) is 0.367. The topological polar surface area (TPSA) is 103 Å². The number of aromatic nitrogens is 1. The Bertz CT molecular complexity index is 1440. The molecule has 0 bridgehead atoms. The maximum atomic E-state index is 13.0. The zero-order valence-electron chi connectivity index (χ0n) is 21.7. The molecule has 0 saturated heterocycles. The average Bonchev–Trinajstić information content (AvgIpc) is 3.85. The summed E-state index contributed by atoms with van der Waals surface area (Å²) in [4.78, 5) is 20.3. The number of nitrogens with one attached hydrogen (secondary N) is 1. The Morgan fingerprint density at radius 3 is 2.08 bits per heavy atom. The van der Waals surface area contributed by atoms with E-state index in [2.05, 4.69) is 28.4 Å². The molecule has 0 spiro atoms. The van der Waals surface area contributed by atoms with Crippen molar-refractivity contribution in [1.29, 1.82) is 5.26 Å². The highest BCUT2D eigenvalue weighted by molar-refractivity contribution is 7.91. The first kappa shape index (κ1) is 25.9. The van der Waals surface area contributed by atoms with Crippen LogP contribution in [0.3, 0.4) is 0 Å². The maximum Gasteiger partial charge on any atom is 0.251 e. The molecule has 1 aromatic heterocycles. The minimum absolute atomic E-state index is 0.0143. The molecule has 0 radical (unpaired) electrons. The van der Waals surface area contributed by atoms with E-state index in [1.165, 1.54) is 49.2 Å². The Kier molecular flexibility index (Phi) is 7.22. The van der Waals surface area contributed by atoms with E-state index in [0.29, 0.717) is 23.0 Å². The first-order chi connectivity index (χ1) is 18.3. The van der Waals surface area contributed by atoms with Crippen LogP contribution in [0.4, 0.5) is 11.4 Å². The normalized spacial score (nSPS) is 15.9. The largest absolute Gasteiger partial charge is 0.345 e. The summed E-state index contributed by atoms with van der Waals surface area (Å²) in [6.07, 6.45) is 4.92. The summed E-state index contributed by atoms with van der Waals surface area (Å²) >= 11 is 0. The number of pyridine rings is 1. The number of nitriles is 1. The number of carbonyl (C=O) groups excluding carboxylic acids is 1. The van der Waals surface area contributed by atoms with Gasteiger partial charge in [0, 0.05) is 47.2 Å². The van der Waals surface area contributed by atoms with Crippen LogP contribution in [0.2, 0.25) is 0 Å². The van der Waals surface area contributed by atoms with Gasteiger partial charge in [0.1, 0.15) is 0 Å². The summed E-state index contributed by atoms with van der Waals surface area (Å²) in [6, 6.07) is 19.7. The fourth-order valence-corrected chi connectivity index (χ4v) is 5.46. The molecule has 0 unspecified atom stereocenters. The van der Waals surface area contributed by atoms with Crippen LogP contribution in [0.25, 0.3) is 0 Å². The second kappa shape index (κ2) is 10.6. The molecular formula is C30H32N4O3S. The molecule has 2 aliphatic rings. The van der Waals surface area contributed by atoms with E-state index in [1.807, 2.05) is 19.2 Å². The van der Waals surface area contributed by atoms with Gasteiger partial charge in [0.05, 0.1) is 29.2 Å². The minimum Gasteiger partial charge on any atom is -0.345 e. The Balaban J connectivity index is 1.30. The van der Waals surface area contributed by atoms with Gasteiger partial charge in [-0.3, -0.25) is 9.78 Å². The van der Waals surface area contributed by atoms with Gasteiger partial charge in [0.15, 0.2) is 9.84 Å². The lowest BCUT2D eigenvalue weighted by atomic mass is 10.0. The van der Waals surface area contributed by atoms with Gasteiger partial charge in [0.25, 0.3) is 5.91 Å². The van der Waals surface area contributed by atoms with E-state index >= 15 is 0 Å². The molecule has 1 amide bonds. The van der Waals surface area contributed by atoms with Crippen molar-refractivity contribution >= 4 is 27.1 Å². The summed E-state index contributed by atoms with van der Waals surface area (Å²) in [5.41, 5.74) is 5.64. The number of sulfone groups is 1. The summed E-state index contributed by atoms with van der Waals surface area (Å²) in [7, 11) is -1.29. The SMILES string of the molecule is CCS(=O)(=O)c1ccc([C@H](CC#N)NC(=O)c2ccc(N(C)c3cc(C4CC4)nc(C4CC4)c3)cc2)cc1. The van der Waals surface area contributed by atoms with Gasteiger partial charge in [-0.05, 0) is 79.8 Å². The number of benzene rings is 2. The van der Waals surface area contributed by atoms with E-state index in [-0.39, 0.29) is 23.0 Å². The lowest BCUT2D eigenvalue weighted by Gasteiger charge is -2.22. The second-order valence-electron chi connectivity index (χ2n) is 10.2. The highest BCUT2D eigenvalue weighted by Gasteiger charge is 2.30. The van der Waals surface area contributed by atoms with Crippen molar-refractivity contribution < 1.29 is 13.2 Å². The van der Waals surface area contributed by atoms with Crippen LogP contribution < -0.4 is 10.2 Å². The Labute approximate surface area is 224 Å². The first-order valence-electron chi connectivity index (χ1n) is 13.1. The molecule has 7 nitrogen and oxygen atoms in total. The number of carbonyl (C=O) groups is 1. The molecule has 3 aromatic rings. The molecular weight excluding hydrogens is 496 g/mol. The van der Waals surface area contributed by atoms with Crippen molar-refractivity contribution in [2.24, 2.45) is 0 Å². The first-order valence-corrected chi connectivity index (χ1v) is 14.8. The van der Waals surface area contributed by atoms with Crippen LogP contribution in [0.1, 0.15) is 84.2 Å². The van der Waals surface area contributed by atoms with Crippen LogP contribution in [-0.4, -0.2) is 32.1 Å². The molecule has 8 heteroatoms. The van der Waals surface area contributed by atoms with Gasteiger partial charge in [-0.2, -0.15) is 5.26 Å². The molecule has 2 saturated carbocycles. The number of hydrogen-bond donors (Lipinski definition) is 1. The minimum atomic E-state index is -3.32. The van der Waals surface area contributed by atoms with E-state index < -0.39 is 15.9 Å². The third-order valence-corrected chi connectivity index (χ3v) is 9.12. The number of hydrogen-bond acceptors (Lipinski definition) is 6. The highest BCUT2D eigenvalue weighted by atomic mass is 32.2. The number of nitrogens with zero attached hydrogens (tertiary/aromatic N) is 3. The number of anilines is 2. The van der Waals surface area contributed by atoms with Crippen LogP contribution in [0.15, 0.2) is 65.6 Å². The molecule has 1 atom stereocenters. The van der Waals surface area contributed by atoms with Gasteiger partial charge in [-0.25, -0.2) is 8.42 Å². The lowest BCUT2D eigenvalue weighted by molar-refractivity contribution is 0.0937. The standard InChI is InChI=1S/C30H32N4O3S/c1-3-38(36,37)26-14-10-20(11-15-26)27(16-17-31)33-30(35)23-8-12-24(13-9-23)34(2)25-18-28(21-4-5-21)32-29(19-25)22-6-7-22/h8-15,18-19,21-22,27H,3-7,16H2,1-2H3,(H,33,35)/t27-/m0/s1. The third kappa shape index (κ3) is 5.73. The predicted octanol–water partition coefficient (Wildman–Crippen LogP) is 5.78. The molecule has 2 aromatic carbocycles. The van der Waals surface area contributed by atoms with Crippen molar-refractivity contribution in [3.05, 3.63) is 83.2 Å². The third-order valence-electron chi connectivity index (χ3n) is 7.37. The van der Waals surface area contributed by atoms with E-state index in [4.69, 9.17) is 4.98 Å².